The second kappa shape index (κ2) is 4.88. The number of benzene rings is 1. The Kier molecular flexibility index (Phi) is 3.53. The fraction of sp³-hybridized carbons (Fsp3) is 0.182. The van der Waals surface area contributed by atoms with Crippen molar-refractivity contribution in [3.63, 3.8) is 0 Å². The number of aromatic nitrogens is 2. The second-order valence-corrected chi connectivity index (χ2v) is 6.63. The molecule has 0 saturated carbocycles. The Morgan fingerprint density at radius 2 is 2.00 bits per heavy atom. The van der Waals surface area contributed by atoms with Crippen molar-refractivity contribution >= 4 is 25.4 Å². The van der Waals surface area contributed by atoms with Crippen LogP contribution in [0.3, 0.4) is 0 Å². The molecular weight excluding hydrogens is 306 g/mol. The van der Waals surface area contributed by atoms with E-state index >= 15 is 0 Å². The van der Waals surface area contributed by atoms with Crippen LogP contribution in [0.5, 0.6) is 0 Å². The molecule has 106 valence electrons. The van der Waals surface area contributed by atoms with Gasteiger partial charge < -0.3 is 0 Å². The molecule has 0 bridgehead atoms. The van der Waals surface area contributed by atoms with Crippen LogP contribution in [0.2, 0.25) is 0 Å². The van der Waals surface area contributed by atoms with E-state index in [9.17, 15) is 18.5 Å². The highest BCUT2D eigenvalue weighted by Gasteiger charge is 2.23. The highest BCUT2D eigenvalue weighted by Crippen LogP contribution is 2.26. The molecule has 9 heteroatoms. The first-order valence-corrected chi connectivity index (χ1v) is 7.78. The summed E-state index contributed by atoms with van der Waals surface area (Å²) in [6.07, 6.45) is 0. The summed E-state index contributed by atoms with van der Waals surface area (Å²) in [6, 6.07) is 5.74. The van der Waals surface area contributed by atoms with Gasteiger partial charge in [-0.1, -0.05) is 6.07 Å². The van der Waals surface area contributed by atoms with Crippen molar-refractivity contribution in [2.24, 2.45) is 0 Å². The lowest BCUT2D eigenvalue weighted by Gasteiger charge is -2.04. The molecule has 2 rings (SSSR count). The van der Waals surface area contributed by atoms with Crippen LogP contribution in [-0.2, 0) is 9.05 Å². The maximum Gasteiger partial charge on any atom is 0.271 e. The fourth-order valence-corrected chi connectivity index (χ4v) is 3.47. The monoisotopic (exact) mass is 315 g/mol. The Bertz CT molecular complexity index is 798. The lowest BCUT2D eigenvalue weighted by atomic mass is 10.3. The molecule has 7 nitrogen and oxygen atoms in total. The third kappa shape index (κ3) is 2.52. The normalized spacial score (nSPS) is 11.6. The zero-order valence-corrected chi connectivity index (χ0v) is 12.1. The number of nitro benzene ring substituents is 1. The summed E-state index contributed by atoms with van der Waals surface area (Å²) in [5.74, 6) is 0. The van der Waals surface area contributed by atoms with Crippen molar-refractivity contribution < 1.29 is 13.3 Å². The van der Waals surface area contributed by atoms with Crippen LogP contribution < -0.4 is 0 Å². The maximum atomic E-state index is 11.5. The molecule has 0 spiro atoms. The maximum absolute atomic E-state index is 11.5. The quantitative estimate of drug-likeness (QED) is 0.492. The summed E-state index contributed by atoms with van der Waals surface area (Å²) >= 11 is 0. The third-order valence-electron chi connectivity index (χ3n) is 2.75. The van der Waals surface area contributed by atoms with Gasteiger partial charge in [0.1, 0.15) is 4.90 Å². The van der Waals surface area contributed by atoms with E-state index in [1.54, 1.807) is 6.07 Å². The molecule has 0 N–H and O–H groups in total. The van der Waals surface area contributed by atoms with E-state index in [1.165, 1.54) is 36.7 Å². The molecule has 0 aliphatic heterocycles. The van der Waals surface area contributed by atoms with Gasteiger partial charge in [0.25, 0.3) is 14.7 Å². The molecule has 0 unspecified atom stereocenters. The number of hydrogen-bond donors (Lipinski definition) is 0. The Morgan fingerprint density at radius 1 is 1.35 bits per heavy atom. The van der Waals surface area contributed by atoms with E-state index in [4.69, 9.17) is 10.7 Å². The van der Waals surface area contributed by atoms with Crippen LogP contribution in [0.1, 0.15) is 11.4 Å². The van der Waals surface area contributed by atoms with Crippen LogP contribution in [-0.4, -0.2) is 23.1 Å². The molecule has 1 aromatic heterocycles. The number of nitrogens with zero attached hydrogens (tertiary/aromatic N) is 3. The minimum atomic E-state index is -3.92. The minimum Gasteiger partial charge on any atom is -0.258 e. The average Bonchev–Trinajstić information content (AvgIpc) is 2.64. The van der Waals surface area contributed by atoms with Gasteiger partial charge in [0.2, 0.25) is 0 Å². The average molecular weight is 316 g/mol. The van der Waals surface area contributed by atoms with Gasteiger partial charge in [0.15, 0.2) is 0 Å². The summed E-state index contributed by atoms with van der Waals surface area (Å²) in [4.78, 5) is 10.1. The molecular formula is C11H10ClN3O4S. The van der Waals surface area contributed by atoms with Gasteiger partial charge in [-0.2, -0.15) is 5.10 Å². The lowest BCUT2D eigenvalue weighted by molar-refractivity contribution is -0.384. The Balaban J connectivity index is 2.66. The Hall–Kier alpha value is -1.93. The molecule has 1 aromatic carbocycles. The van der Waals surface area contributed by atoms with Crippen LogP contribution >= 0.6 is 10.7 Å². The summed E-state index contributed by atoms with van der Waals surface area (Å²) in [5, 5.41) is 14.8. The first kappa shape index (κ1) is 14.5. The van der Waals surface area contributed by atoms with Crippen molar-refractivity contribution in [3.05, 3.63) is 45.8 Å². The van der Waals surface area contributed by atoms with Crippen LogP contribution in [0.15, 0.2) is 29.2 Å². The molecule has 0 amide bonds. The van der Waals surface area contributed by atoms with E-state index < -0.39 is 14.0 Å². The van der Waals surface area contributed by atoms with Crippen LogP contribution in [0.4, 0.5) is 5.69 Å². The topological polar surface area (TPSA) is 95.1 Å². The second-order valence-electron chi connectivity index (χ2n) is 4.13. The number of nitro groups is 1. The number of aryl methyl sites for hydroxylation is 1. The molecule has 1 heterocycles. The SMILES string of the molecule is Cc1nn(-c2cccc([N+](=O)[O-])c2)c(C)c1S(=O)(=O)Cl. The summed E-state index contributed by atoms with van der Waals surface area (Å²) in [7, 11) is 1.44. The molecule has 20 heavy (non-hydrogen) atoms. The van der Waals surface area contributed by atoms with Gasteiger partial charge in [-0.3, -0.25) is 10.1 Å². The summed E-state index contributed by atoms with van der Waals surface area (Å²) in [5.41, 5.74) is 0.832. The molecule has 0 fully saturated rings. The van der Waals surface area contributed by atoms with Gasteiger partial charge in [0, 0.05) is 22.8 Å². The van der Waals surface area contributed by atoms with Crippen molar-refractivity contribution in [1.82, 2.24) is 9.78 Å². The zero-order chi connectivity index (χ0) is 15.1. The fourth-order valence-electron chi connectivity index (χ4n) is 1.97. The van der Waals surface area contributed by atoms with Crippen molar-refractivity contribution in [3.8, 4) is 5.69 Å². The predicted molar refractivity (Wildman–Crippen MR) is 72.7 cm³/mol. The van der Waals surface area contributed by atoms with Gasteiger partial charge in [0.05, 0.1) is 22.0 Å². The predicted octanol–water partition coefficient (Wildman–Crippen LogP) is 2.32. The summed E-state index contributed by atoms with van der Waals surface area (Å²) in [6.45, 7) is 3.05. The van der Waals surface area contributed by atoms with Gasteiger partial charge >= 0.3 is 0 Å². The van der Waals surface area contributed by atoms with E-state index in [1.807, 2.05) is 0 Å². The number of rotatable bonds is 3. The van der Waals surface area contributed by atoms with Crippen LogP contribution in [0, 0.1) is 24.0 Å². The van der Waals surface area contributed by atoms with E-state index in [0.717, 1.165) is 0 Å². The lowest BCUT2D eigenvalue weighted by Crippen LogP contribution is -2.01. The highest BCUT2D eigenvalue weighted by molar-refractivity contribution is 8.13. The van der Waals surface area contributed by atoms with Gasteiger partial charge in [-0.25, -0.2) is 13.1 Å². The third-order valence-corrected chi connectivity index (χ3v) is 4.30. The number of hydrogen-bond acceptors (Lipinski definition) is 5. The smallest absolute Gasteiger partial charge is 0.258 e. The zero-order valence-electron chi connectivity index (χ0n) is 10.6. The van der Waals surface area contributed by atoms with E-state index in [0.29, 0.717) is 11.4 Å². The molecule has 0 saturated heterocycles. The Labute approximate surface area is 119 Å². The van der Waals surface area contributed by atoms with Gasteiger partial charge in [-0.15, -0.1) is 0 Å². The largest absolute Gasteiger partial charge is 0.271 e. The first-order chi connectivity index (χ1) is 9.21. The number of halogens is 1. The summed E-state index contributed by atoms with van der Waals surface area (Å²) < 4.78 is 24.3. The molecule has 2 aromatic rings. The van der Waals surface area contributed by atoms with Gasteiger partial charge in [-0.05, 0) is 19.9 Å². The van der Waals surface area contributed by atoms with Crippen molar-refractivity contribution in [2.45, 2.75) is 18.7 Å². The molecule has 0 atom stereocenters. The highest BCUT2D eigenvalue weighted by atomic mass is 35.7. The minimum absolute atomic E-state index is 0.0781. The number of non-ortho nitro benzene ring substituents is 1. The molecule has 0 aliphatic rings. The Morgan fingerprint density at radius 3 is 2.50 bits per heavy atom. The van der Waals surface area contributed by atoms with Crippen LogP contribution in [0.25, 0.3) is 5.69 Å². The van der Waals surface area contributed by atoms with E-state index in [2.05, 4.69) is 5.10 Å². The van der Waals surface area contributed by atoms with Crippen molar-refractivity contribution in [1.29, 1.82) is 0 Å². The first-order valence-electron chi connectivity index (χ1n) is 5.47. The molecule has 0 aliphatic carbocycles. The molecule has 0 radical (unpaired) electrons. The van der Waals surface area contributed by atoms with E-state index in [-0.39, 0.29) is 16.3 Å². The standard InChI is InChI=1S/C11H10ClN3O4S/c1-7-11(20(12,18)19)8(2)14(13-7)9-4-3-5-10(6-9)15(16)17/h3-6H,1-2H3. The van der Waals surface area contributed by atoms with Crippen molar-refractivity contribution in [2.75, 3.05) is 0 Å².